The normalized spacial score (nSPS) is 20.7. The Labute approximate surface area is 92.2 Å². The second-order valence-electron chi connectivity index (χ2n) is 4.57. The Hall–Kier alpha value is -0.130. The first-order valence-corrected chi connectivity index (χ1v) is 7.27. The van der Waals surface area contributed by atoms with Gasteiger partial charge in [0.05, 0.1) is 12.4 Å². The van der Waals surface area contributed by atoms with Crippen molar-refractivity contribution in [3.63, 3.8) is 0 Å². The van der Waals surface area contributed by atoms with E-state index in [1.165, 1.54) is 0 Å². The highest BCUT2D eigenvalue weighted by molar-refractivity contribution is 7.89. The van der Waals surface area contributed by atoms with Gasteiger partial charge in [0.15, 0.2) is 0 Å². The van der Waals surface area contributed by atoms with Crippen molar-refractivity contribution >= 4 is 10.0 Å². The van der Waals surface area contributed by atoms with Gasteiger partial charge in [0.25, 0.3) is 0 Å². The van der Waals surface area contributed by atoms with Crippen LogP contribution in [0.1, 0.15) is 39.0 Å². The standard InChI is InChI=1S/C10H21NO3S/c1-2-7-14-8-10(5-3-4-6-10)9-15(11,12)13/h2-9H2,1H3,(H2,11,12,13). The molecule has 15 heavy (non-hydrogen) atoms. The lowest BCUT2D eigenvalue weighted by Crippen LogP contribution is -2.35. The number of primary sulfonamides is 1. The van der Waals surface area contributed by atoms with Gasteiger partial charge in [-0.05, 0) is 19.3 Å². The Bertz CT molecular complexity index is 281. The molecule has 2 N–H and O–H groups in total. The van der Waals surface area contributed by atoms with Crippen molar-refractivity contribution in [2.24, 2.45) is 10.6 Å². The summed E-state index contributed by atoms with van der Waals surface area (Å²) in [6.45, 7) is 3.28. The molecule has 1 fully saturated rings. The maximum Gasteiger partial charge on any atom is 0.209 e. The zero-order valence-corrected chi connectivity index (χ0v) is 10.2. The fraction of sp³-hybridized carbons (Fsp3) is 1.00. The minimum atomic E-state index is -3.38. The van der Waals surface area contributed by atoms with E-state index in [1.807, 2.05) is 6.92 Å². The molecule has 0 spiro atoms. The molecule has 0 bridgehead atoms. The maximum absolute atomic E-state index is 11.1. The summed E-state index contributed by atoms with van der Waals surface area (Å²) in [4.78, 5) is 0. The van der Waals surface area contributed by atoms with E-state index in [4.69, 9.17) is 9.88 Å². The SMILES string of the molecule is CCCOCC1(CS(N)(=O)=O)CCCC1. The van der Waals surface area contributed by atoms with Gasteiger partial charge in [0.1, 0.15) is 0 Å². The van der Waals surface area contributed by atoms with Crippen LogP contribution in [0, 0.1) is 5.41 Å². The molecule has 0 saturated heterocycles. The van der Waals surface area contributed by atoms with Crippen LogP contribution in [0.4, 0.5) is 0 Å². The smallest absolute Gasteiger partial charge is 0.209 e. The predicted molar refractivity (Wildman–Crippen MR) is 60.0 cm³/mol. The minimum Gasteiger partial charge on any atom is -0.381 e. The van der Waals surface area contributed by atoms with Crippen LogP contribution in [-0.4, -0.2) is 27.4 Å². The average Bonchev–Trinajstić information content (AvgIpc) is 2.51. The highest BCUT2D eigenvalue weighted by Gasteiger charge is 2.37. The average molecular weight is 235 g/mol. The van der Waals surface area contributed by atoms with E-state index in [2.05, 4.69) is 0 Å². The van der Waals surface area contributed by atoms with Crippen LogP contribution in [0.3, 0.4) is 0 Å². The van der Waals surface area contributed by atoms with E-state index in [0.29, 0.717) is 13.2 Å². The molecule has 0 heterocycles. The minimum absolute atomic E-state index is 0.0731. The van der Waals surface area contributed by atoms with Crippen LogP contribution in [0.25, 0.3) is 0 Å². The van der Waals surface area contributed by atoms with Crippen molar-refractivity contribution in [1.82, 2.24) is 0 Å². The fourth-order valence-corrected chi connectivity index (χ4v) is 3.54. The van der Waals surface area contributed by atoms with Crippen LogP contribution in [0.5, 0.6) is 0 Å². The monoisotopic (exact) mass is 235 g/mol. The molecule has 0 aliphatic heterocycles. The van der Waals surface area contributed by atoms with Gasteiger partial charge in [-0.2, -0.15) is 0 Å². The molecule has 4 nitrogen and oxygen atoms in total. The summed E-state index contributed by atoms with van der Waals surface area (Å²) in [5.41, 5.74) is -0.206. The van der Waals surface area contributed by atoms with Gasteiger partial charge < -0.3 is 4.74 Å². The van der Waals surface area contributed by atoms with E-state index in [1.54, 1.807) is 0 Å². The number of hydrogen-bond donors (Lipinski definition) is 1. The second-order valence-corrected chi connectivity index (χ2v) is 6.18. The second kappa shape index (κ2) is 5.27. The van der Waals surface area contributed by atoms with E-state index in [-0.39, 0.29) is 11.2 Å². The van der Waals surface area contributed by atoms with Gasteiger partial charge in [-0.25, -0.2) is 13.6 Å². The molecule has 0 amide bonds. The number of rotatable bonds is 6. The quantitative estimate of drug-likeness (QED) is 0.705. The molecule has 90 valence electrons. The number of ether oxygens (including phenoxy) is 1. The molecule has 1 aliphatic rings. The van der Waals surface area contributed by atoms with Crippen molar-refractivity contribution in [2.45, 2.75) is 39.0 Å². The summed E-state index contributed by atoms with van der Waals surface area (Å²) < 4.78 is 27.8. The number of nitrogens with two attached hydrogens (primary N) is 1. The number of sulfonamides is 1. The molecule has 1 saturated carbocycles. The molecular formula is C10H21NO3S. The summed E-state index contributed by atoms with van der Waals surface area (Å²) >= 11 is 0. The first kappa shape index (κ1) is 12.9. The lowest BCUT2D eigenvalue weighted by Gasteiger charge is -2.27. The van der Waals surface area contributed by atoms with E-state index in [0.717, 1.165) is 32.1 Å². The molecule has 0 atom stereocenters. The molecule has 5 heteroatoms. The van der Waals surface area contributed by atoms with Crippen LogP contribution >= 0.6 is 0 Å². The Morgan fingerprint density at radius 2 is 1.93 bits per heavy atom. The zero-order valence-electron chi connectivity index (χ0n) is 9.37. The fourth-order valence-electron chi connectivity index (χ4n) is 2.32. The molecule has 1 aliphatic carbocycles. The Morgan fingerprint density at radius 1 is 1.33 bits per heavy atom. The van der Waals surface area contributed by atoms with Gasteiger partial charge in [-0.3, -0.25) is 0 Å². The largest absolute Gasteiger partial charge is 0.381 e. The molecule has 0 aromatic carbocycles. The summed E-state index contributed by atoms with van der Waals surface area (Å²) in [7, 11) is -3.38. The molecule has 0 unspecified atom stereocenters. The van der Waals surface area contributed by atoms with E-state index < -0.39 is 10.0 Å². The molecule has 0 aromatic heterocycles. The molecular weight excluding hydrogens is 214 g/mol. The van der Waals surface area contributed by atoms with Gasteiger partial charge in [-0.15, -0.1) is 0 Å². The van der Waals surface area contributed by atoms with Crippen LogP contribution < -0.4 is 5.14 Å². The zero-order chi connectivity index (χ0) is 11.4. The molecule has 1 rings (SSSR count). The van der Waals surface area contributed by atoms with Crippen molar-refractivity contribution in [3.8, 4) is 0 Å². The third kappa shape index (κ3) is 4.49. The third-order valence-corrected chi connectivity index (χ3v) is 3.94. The Morgan fingerprint density at radius 3 is 2.40 bits per heavy atom. The number of hydrogen-bond acceptors (Lipinski definition) is 3. The summed E-state index contributed by atoms with van der Waals surface area (Å²) in [5, 5.41) is 5.12. The van der Waals surface area contributed by atoms with Crippen LogP contribution in [0.2, 0.25) is 0 Å². The van der Waals surface area contributed by atoms with Crippen molar-refractivity contribution in [3.05, 3.63) is 0 Å². The Kier molecular flexibility index (Phi) is 4.55. The van der Waals surface area contributed by atoms with Gasteiger partial charge in [0.2, 0.25) is 10.0 Å². The summed E-state index contributed by atoms with van der Waals surface area (Å²) in [6, 6.07) is 0. The van der Waals surface area contributed by atoms with Crippen molar-refractivity contribution < 1.29 is 13.2 Å². The van der Waals surface area contributed by atoms with E-state index in [9.17, 15) is 8.42 Å². The first-order chi connectivity index (χ1) is 6.97. The Balaban J connectivity index is 2.54. The first-order valence-electron chi connectivity index (χ1n) is 5.56. The van der Waals surface area contributed by atoms with Gasteiger partial charge >= 0.3 is 0 Å². The topological polar surface area (TPSA) is 69.4 Å². The summed E-state index contributed by atoms with van der Waals surface area (Å²) in [6.07, 6.45) is 4.99. The van der Waals surface area contributed by atoms with Crippen molar-refractivity contribution in [2.75, 3.05) is 19.0 Å². The maximum atomic E-state index is 11.1. The van der Waals surface area contributed by atoms with Crippen LogP contribution in [-0.2, 0) is 14.8 Å². The lowest BCUT2D eigenvalue weighted by atomic mass is 9.90. The summed E-state index contributed by atoms with van der Waals surface area (Å²) in [5.74, 6) is 0.0731. The van der Waals surface area contributed by atoms with Crippen LogP contribution in [0.15, 0.2) is 0 Å². The highest BCUT2D eigenvalue weighted by atomic mass is 32.2. The van der Waals surface area contributed by atoms with Gasteiger partial charge in [0, 0.05) is 12.0 Å². The molecule has 0 aromatic rings. The van der Waals surface area contributed by atoms with E-state index >= 15 is 0 Å². The van der Waals surface area contributed by atoms with Gasteiger partial charge in [-0.1, -0.05) is 19.8 Å². The molecule has 0 radical (unpaired) electrons. The third-order valence-electron chi connectivity index (χ3n) is 2.93. The highest BCUT2D eigenvalue weighted by Crippen LogP contribution is 2.39. The lowest BCUT2D eigenvalue weighted by molar-refractivity contribution is 0.0584. The van der Waals surface area contributed by atoms with Crippen molar-refractivity contribution in [1.29, 1.82) is 0 Å². The predicted octanol–water partition coefficient (Wildman–Crippen LogP) is 1.26.